The van der Waals surface area contributed by atoms with Crippen LogP contribution in [0.25, 0.3) is 0 Å². The number of hydrogen-bond donors (Lipinski definition) is 0. The Hall–Kier alpha value is -1.85. The molecule has 17 heavy (non-hydrogen) atoms. The molecule has 0 radical (unpaired) electrons. The summed E-state index contributed by atoms with van der Waals surface area (Å²) in [5, 5.41) is 4.11. The van der Waals surface area contributed by atoms with E-state index in [0.717, 1.165) is 4.68 Å². The van der Waals surface area contributed by atoms with Crippen LogP contribution in [0.2, 0.25) is 0 Å². The number of hydrogen-bond acceptors (Lipinski definition) is 5. The van der Waals surface area contributed by atoms with E-state index in [1.165, 1.54) is 20.3 Å². The number of esters is 1. The topological polar surface area (TPSA) is 70.4 Å². The summed E-state index contributed by atoms with van der Waals surface area (Å²) in [6, 6.07) is 1.32. The molecule has 1 heterocycles. The van der Waals surface area contributed by atoms with Gasteiger partial charge >= 0.3 is 5.97 Å². The Morgan fingerprint density at radius 3 is 2.59 bits per heavy atom. The lowest BCUT2D eigenvalue weighted by Gasteiger charge is -2.12. The minimum atomic E-state index is -0.514. The van der Waals surface area contributed by atoms with Crippen LogP contribution in [0, 0.1) is 0 Å². The van der Waals surface area contributed by atoms with Crippen LogP contribution in [0.1, 0.15) is 25.5 Å². The molecular weight excluding hydrogens is 224 g/mol. The molecule has 0 atom stereocenters. The zero-order valence-electron chi connectivity index (χ0n) is 10.4. The number of rotatable bonds is 4. The molecule has 0 aromatic carbocycles. The van der Waals surface area contributed by atoms with Crippen molar-refractivity contribution in [1.82, 2.24) is 9.78 Å². The van der Waals surface area contributed by atoms with E-state index < -0.39 is 11.5 Å². The van der Waals surface area contributed by atoms with Crippen molar-refractivity contribution >= 4 is 5.97 Å². The van der Waals surface area contributed by atoms with E-state index in [2.05, 4.69) is 9.84 Å². The SMILES string of the molecule is COC(=O)Cn1nc(C(C)C)c(OC)cc1=O. The maximum atomic E-state index is 11.6. The zero-order chi connectivity index (χ0) is 13.0. The first-order valence-corrected chi connectivity index (χ1v) is 5.22. The van der Waals surface area contributed by atoms with Gasteiger partial charge in [0.25, 0.3) is 5.56 Å². The van der Waals surface area contributed by atoms with E-state index in [4.69, 9.17) is 4.74 Å². The summed E-state index contributed by atoms with van der Waals surface area (Å²) >= 11 is 0. The van der Waals surface area contributed by atoms with Crippen LogP contribution in [0.3, 0.4) is 0 Å². The molecule has 1 rings (SSSR count). The Morgan fingerprint density at radius 1 is 1.47 bits per heavy atom. The molecule has 0 amide bonds. The van der Waals surface area contributed by atoms with Crippen LogP contribution in [-0.2, 0) is 16.1 Å². The van der Waals surface area contributed by atoms with Gasteiger partial charge in [-0.05, 0) is 0 Å². The highest BCUT2D eigenvalue weighted by atomic mass is 16.5. The Bertz CT molecular complexity index is 465. The Kier molecular flexibility index (Phi) is 4.25. The van der Waals surface area contributed by atoms with Gasteiger partial charge in [0.15, 0.2) is 0 Å². The highest BCUT2D eigenvalue weighted by Gasteiger charge is 2.14. The fraction of sp³-hybridized carbons (Fsp3) is 0.545. The summed E-state index contributed by atoms with van der Waals surface area (Å²) in [6.45, 7) is 3.66. The number of carbonyl (C=O) groups is 1. The fourth-order valence-electron chi connectivity index (χ4n) is 1.35. The molecule has 0 unspecified atom stereocenters. The Balaban J connectivity index is 3.20. The average molecular weight is 240 g/mol. The van der Waals surface area contributed by atoms with Gasteiger partial charge in [0.2, 0.25) is 0 Å². The number of nitrogens with zero attached hydrogens (tertiary/aromatic N) is 2. The van der Waals surface area contributed by atoms with Gasteiger partial charge in [0.05, 0.1) is 14.2 Å². The normalized spacial score (nSPS) is 10.4. The molecule has 1 aromatic rings. The van der Waals surface area contributed by atoms with Crippen LogP contribution >= 0.6 is 0 Å². The lowest BCUT2D eigenvalue weighted by atomic mass is 10.1. The zero-order valence-corrected chi connectivity index (χ0v) is 10.4. The summed E-state index contributed by atoms with van der Waals surface area (Å²) in [6.07, 6.45) is 0. The second kappa shape index (κ2) is 5.47. The van der Waals surface area contributed by atoms with E-state index in [-0.39, 0.29) is 12.5 Å². The van der Waals surface area contributed by atoms with Gasteiger partial charge in [-0.2, -0.15) is 5.10 Å². The van der Waals surface area contributed by atoms with E-state index >= 15 is 0 Å². The molecular formula is C11H16N2O4. The van der Waals surface area contributed by atoms with Crippen molar-refractivity contribution in [3.63, 3.8) is 0 Å². The maximum Gasteiger partial charge on any atom is 0.327 e. The van der Waals surface area contributed by atoms with E-state index in [1.807, 2.05) is 13.8 Å². The summed E-state index contributed by atoms with van der Waals surface area (Å²) in [5.41, 5.74) is 0.243. The third-order valence-electron chi connectivity index (χ3n) is 2.26. The first-order valence-electron chi connectivity index (χ1n) is 5.22. The van der Waals surface area contributed by atoms with Crippen LogP contribution < -0.4 is 10.3 Å². The molecule has 94 valence electrons. The number of ether oxygens (including phenoxy) is 2. The fourth-order valence-corrected chi connectivity index (χ4v) is 1.35. The van der Waals surface area contributed by atoms with Gasteiger partial charge in [0, 0.05) is 12.0 Å². The van der Waals surface area contributed by atoms with Gasteiger partial charge in [-0.25, -0.2) is 4.68 Å². The molecule has 0 aliphatic heterocycles. The van der Waals surface area contributed by atoms with E-state index in [1.54, 1.807) is 0 Å². The van der Waals surface area contributed by atoms with Crippen molar-refractivity contribution in [3.8, 4) is 5.75 Å². The predicted molar refractivity (Wildman–Crippen MR) is 61.2 cm³/mol. The molecule has 6 heteroatoms. The minimum absolute atomic E-state index is 0.0921. The molecule has 0 fully saturated rings. The van der Waals surface area contributed by atoms with Gasteiger partial charge in [0.1, 0.15) is 18.0 Å². The van der Waals surface area contributed by atoms with Crippen LogP contribution in [0.15, 0.2) is 10.9 Å². The number of carbonyl (C=O) groups excluding carboxylic acids is 1. The second-order valence-corrected chi connectivity index (χ2v) is 3.82. The summed E-state index contributed by atoms with van der Waals surface area (Å²) < 4.78 is 10.7. The predicted octanol–water partition coefficient (Wildman–Crippen LogP) is 0.548. The van der Waals surface area contributed by atoms with Crippen molar-refractivity contribution in [1.29, 1.82) is 0 Å². The van der Waals surface area contributed by atoms with Gasteiger partial charge in [-0.15, -0.1) is 0 Å². The van der Waals surface area contributed by atoms with Gasteiger partial charge < -0.3 is 9.47 Å². The van der Waals surface area contributed by atoms with Crippen molar-refractivity contribution < 1.29 is 14.3 Å². The molecule has 0 N–H and O–H groups in total. The van der Waals surface area contributed by atoms with Gasteiger partial charge in [-0.1, -0.05) is 13.8 Å². The summed E-state index contributed by atoms with van der Waals surface area (Å²) in [7, 11) is 2.74. The smallest absolute Gasteiger partial charge is 0.327 e. The second-order valence-electron chi connectivity index (χ2n) is 3.82. The number of aromatic nitrogens is 2. The first-order chi connectivity index (χ1) is 7.99. The third kappa shape index (κ3) is 3.05. The summed E-state index contributed by atoms with van der Waals surface area (Å²) in [5.74, 6) is 0.0139. The molecule has 0 bridgehead atoms. The molecule has 0 saturated carbocycles. The Labute approximate surface area is 99.2 Å². The van der Waals surface area contributed by atoms with Crippen molar-refractivity contribution in [3.05, 3.63) is 22.1 Å². The van der Waals surface area contributed by atoms with Crippen LogP contribution in [0.5, 0.6) is 5.75 Å². The molecule has 0 aliphatic rings. The monoisotopic (exact) mass is 240 g/mol. The molecule has 0 spiro atoms. The van der Waals surface area contributed by atoms with Crippen molar-refractivity contribution in [2.75, 3.05) is 14.2 Å². The first kappa shape index (κ1) is 13.2. The van der Waals surface area contributed by atoms with Crippen LogP contribution in [-0.4, -0.2) is 30.0 Å². The number of methoxy groups -OCH3 is 2. The van der Waals surface area contributed by atoms with E-state index in [0.29, 0.717) is 11.4 Å². The van der Waals surface area contributed by atoms with Crippen molar-refractivity contribution in [2.45, 2.75) is 26.3 Å². The minimum Gasteiger partial charge on any atom is -0.495 e. The Morgan fingerprint density at radius 2 is 2.12 bits per heavy atom. The van der Waals surface area contributed by atoms with Crippen LogP contribution in [0.4, 0.5) is 0 Å². The third-order valence-corrected chi connectivity index (χ3v) is 2.26. The molecule has 1 aromatic heterocycles. The highest BCUT2D eigenvalue weighted by Crippen LogP contribution is 2.21. The maximum absolute atomic E-state index is 11.6. The quantitative estimate of drug-likeness (QED) is 0.719. The summed E-state index contributed by atoms with van der Waals surface area (Å²) in [4.78, 5) is 22.8. The van der Waals surface area contributed by atoms with Crippen molar-refractivity contribution in [2.24, 2.45) is 0 Å². The molecule has 6 nitrogen and oxygen atoms in total. The highest BCUT2D eigenvalue weighted by molar-refractivity contribution is 5.68. The average Bonchev–Trinajstić information content (AvgIpc) is 2.30. The molecule has 0 saturated heterocycles. The lowest BCUT2D eigenvalue weighted by Crippen LogP contribution is -2.28. The van der Waals surface area contributed by atoms with Gasteiger partial charge in [-0.3, -0.25) is 9.59 Å². The van der Waals surface area contributed by atoms with E-state index in [9.17, 15) is 9.59 Å². The molecule has 0 aliphatic carbocycles. The largest absolute Gasteiger partial charge is 0.495 e. The standard InChI is InChI=1S/C11H16N2O4/c1-7(2)11-8(16-3)5-9(14)13(12-11)6-10(15)17-4/h5,7H,6H2,1-4H3. The lowest BCUT2D eigenvalue weighted by molar-refractivity contribution is -0.141.